The molecule has 0 radical (unpaired) electrons. The number of H-pyrrole nitrogens is 1. The van der Waals surface area contributed by atoms with Crippen molar-refractivity contribution in [1.29, 1.82) is 0 Å². The Kier molecular flexibility index (Phi) is 9.49. The molecule has 0 aliphatic rings. The molecule has 3 N–H and O–H groups in total. The lowest BCUT2D eigenvalue weighted by atomic mass is 10.2. The molecule has 28 heavy (non-hydrogen) atoms. The van der Waals surface area contributed by atoms with E-state index in [4.69, 9.17) is 9.15 Å². The smallest absolute Gasteiger partial charge is 0.216 e. The lowest BCUT2D eigenvalue weighted by molar-refractivity contribution is 0.125. The van der Waals surface area contributed by atoms with Gasteiger partial charge in [-0.3, -0.25) is 10.1 Å². The molecule has 0 saturated heterocycles. The van der Waals surface area contributed by atoms with E-state index in [2.05, 4.69) is 42.9 Å². The predicted molar refractivity (Wildman–Crippen MR) is 119 cm³/mol. The number of aromatic nitrogens is 3. The van der Waals surface area contributed by atoms with Crippen LogP contribution in [0.2, 0.25) is 0 Å². The van der Waals surface area contributed by atoms with Gasteiger partial charge in [0, 0.05) is 26.6 Å². The predicted octanol–water partition coefficient (Wildman–Crippen LogP) is 2.61. The Morgan fingerprint density at radius 2 is 1.96 bits per heavy atom. The second-order valence-corrected chi connectivity index (χ2v) is 5.80. The summed E-state index contributed by atoms with van der Waals surface area (Å²) < 4.78 is 10.9. The van der Waals surface area contributed by atoms with Gasteiger partial charge in [-0.1, -0.05) is 30.3 Å². The van der Waals surface area contributed by atoms with Crippen LogP contribution in [-0.4, -0.2) is 47.9 Å². The number of aliphatic imine (C=N–C) groups is 1. The van der Waals surface area contributed by atoms with Crippen molar-refractivity contribution in [2.75, 3.05) is 26.7 Å². The molecule has 8 nitrogen and oxygen atoms in total. The van der Waals surface area contributed by atoms with E-state index in [1.807, 2.05) is 30.3 Å². The number of benzene rings is 1. The number of halogens is 1. The lowest BCUT2D eigenvalue weighted by Gasteiger charge is -2.11. The number of nitrogens with zero attached hydrogens (tertiary/aromatic N) is 3. The number of nitrogens with one attached hydrogen (secondary N) is 3. The maximum atomic E-state index is 5.65. The largest absolute Gasteiger partial charge is 0.461 e. The molecule has 0 saturated carbocycles. The van der Waals surface area contributed by atoms with Crippen LogP contribution in [0.4, 0.5) is 0 Å². The van der Waals surface area contributed by atoms with E-state index >= 15 is 0 Å². The Hall–Kier alpha value is -2.40. The zero-order chi connectivity index (χ0) is 18.7. The minimum absolute atomic E-state index is 0. The summed E-state index contributed by atoms with van der Waals surface area (Å²) in [4.78, 5) is 8.61. The average molecular weight is 496 g/mol. The number of ether oxygens (including phenoxy) is 1. The molecule has 0 aliphatic carbocycles. The van der Waals surface area contributed by atoms with Crippen LogP contribution in [0, 0.1) is 0 Å². The summed E-state index contributed by atoms with van der Waals surface area (Å²) in [5.41, 5.74) is 1.17. The third-order valence-corrected chi connectivity index (χ3v) is 3.80. The van der Waals surface area contributed by atoms with Crippen LogP contribution in [-0.2, 0) is 17.8 Å². The summed E-state index contributed by atoms with van der Waals surface area (Å²) in [7, 11) is 1.74. The van der Waals surface area contributed by atoms with Gasteiger partial charge in [-0.25, -0.2) is 4.98 Å². The quantitative estimate of drug-likeness (QED) is 0.182. The molecule has 2 aromatic heterocycles. The summed E-state index contributed by atoms with van der Waals surface area (Å²) in [6, 6.07) is 13.8. The minimum Gasteiger partial charge on any atom is -0.461 e. The first kappa shape index (κ1) is 21.9. The van der Waals surface area contributed by atoms with Crippen LogP contribution in [0.5, 0.6) is 0 Å². The van der Waals surface area contributed by atoms with E-state index in [9.17, 15) is 0 Å². The Labute approximate surface area is 181 Å². The van der Waals surface area contributed by atoms with E-state index < -0.39 is 0 Å². The van der Waals surface area contributed by atoms with Crippen LogP contribution in [0.15, 0.2) is 58.1 Å². The maximum absolute atomic E-state index is 5.65. The van der Waals surface area contributed by atoms with Gasteiger partial charge >= 0.3 is 0 Å². The van der Waals surface area contributed by atoms with Gasteiger partial charge in [0.05, 0.1) is 19.5 Å². The molecule has 0 bridgehead atoms. The number of rotatable bonds is 9. The third kappa shape index (κ3) is 6.97. The van der Waals surface area contributed by atoms with Gasteiger partial charge in [0.25, 0.3) is 0 Å². The Morgan fingerprint density at radius 1 is 1.14 bits per heavy atom. The highest BCUT2D eigenvalue weighted by Gasteiger charge is 2.08. The number of aromatic amines is 1. The average Bonchev–Trinajstić information content (AvgIpc) is 3.39. The molecule has 150 valence electrons. The van der Waals surface area contributed by atoms with Gasteiger partial charge in [0.2, 0.25) is 5.82 Å². The minimum atomic E-state index is 0. The van der Waals surface area contributed by atoms with E-state index in [1.165, 1.54) is 5.56 Å². The van der Waals surface area contributed by atoms with E-state index in [0.717, 1.165) is 11.8 Å². The Balaban J connectivity index is 0.00000280. The van der Waals surface area contributed by atoms with Crippen molar-refractivity contribution in [3.63, 3.8) is 0 Å². The molecular formula is C19H25IN6O2. The fourth-order valence-electron chi connectivity index (χ4n) is 2.45. The highest BCUT2D eigenvalue weighted by atomic mass is 127. The molecule has 0 fully saturated rings. The van der Waals surface area contributed by atoms with Crippen molar-refractivity contribution in [2.24, 2.45) is 4.99 Å². The molecule has 0 unspecified atom stereocenters. The summed E-state index contributed by atoms with van der Waals surface area (Å²) >= 11 is 0. The van der Waals surface area contributed by atoms with E-state index in [1.54, 1.807) is 13.3 Å². The number of guanidine groups is 1. The van der Waals surface area contributed by atoms with Crippen molar-refractivity contribution in [1.82, 2.24) is 25.8 Å². The standard InChI is InChI=1S/C19H24N6O2.HI/c1-20-19(22-11-13-26-14-15-6-3-2-4-7-15)21-10-9-17-23-18(25-24-17)16-8-5-12-27-16;/h2-8,12H,9-11,13-14H2,1H3,(H2,20,21,22)(H,23,24,25);1H. The molecule has 0 spiro atoms. The molecular weight excluding hydrogens is 471 g/mol. The highest BCUT2D eigenvalue weighted by molar-refractivity contribution is 14.0. The van der Waals surface area contributed by atoms with Crippen molar-refractivity contribution >= 4 is 29.9 Å². The normalized spacial score (nSPS) is 11.1. The SMILES string of the molecule is CN=C(NCCOCc1ccccc1)NCCc1nc(-c2ccco2)n[nH]1.I. The number of hydrogen-bond donors (Lipinski definition) is 3. The van der Waals surface area contributed by atoms with Crippen LogP contribution < -0.4 is 10.6 Å². The molecule has 0 amide bonds. The molecule has 0 atom stereocenters. The summed E-state index contributed by atoms with van der Waals surface area (Å²) in [5.74, 6) is 2.73. The lowest BCUT2D eigenvalue weighted by Crippen LogP contribution is -2.39. The van der Waals surface area contributed by atoms with Crippen LogP contribution in [0.1, 0.15) is 11.4 Å². The highest BCUT2D eigenvalue weighted by Crippen LogP contribution is 2.14. The summed E-state index contributed by atoms with van der Waals surface area (Å²) in [6.45, 7) is 2.57. The Morgan fingerprint density at radius 3 is 2.71 bits per heavy atom. The second-order valence-electron chi connectivity index (χ2n) is 5.80. The number of furan rings is 1. The van der Waals surface area contributed by atoms with Gasteiger partial charge in [0.15, 0.2) is 11.7 Å². The van der Waals surface area contributed by atoms with Gasteiger partial charge in [-0.2, -0.15) is 5.10 Å². The fourth-order valence-corrected chi connectivity index (χ4v) is 2.45. The maximum Gasteiger partial charge on any atom is 0.216 e. The van der Waals surface area contributed by atoms with Crippen LogP contribution in [0.3, 0.4) is 0 Å². The molecule has 3 aromatic rings. The van der Waals surface area contributed by atoms with Gasteiger partial charge in [0.1, 0.15) is 5.82 Å². The fraction of sp³-hybridized carbons (Fsp3) is 0.316. The first-order chi connectivity index (χ1) is 13.3. The zero-order valence-corrected chi connectivity index (χ0v) is 18.1. The van der Waals surface area contributed by atoms with Crippen molar-refractivity contribution in [3.8, 4) is 11.6 Å². The summed E-state index contributed by atoms with van der Waals surface area (Å²) in [5, 5.41) is 13.5. The van der Waals surface area contributed by atoms with E-state index in [-0.39, 0.29) is 24.0 Å². The van der Waals surface area contributed by atoms with Crippen LogP contribution >= 0.6 is 24.0 Å². The monoisotopic (exact) mass is 496 g/mol. The molecule has 2 heterocycles. The molecule has 3 rings (SSSR count). The second kappa shape index (κ2) is 12.1. The van der Waals surface area contributed by atoms with E-state index in [0.29, 0.717) is 44.3 Å². The van der Waals surface area contributed by atoms with Crippen molar-refractivity contribution in [3.05, 3.63) is 60.1 Å². The Bertz CT molecular complexity index is 820. The topological polar surface area (TPSA) is 100 Å². The molecule has 0 aliphatic heterocycles. The third-order valence-electron chi connectivity index (χ3n) is 3.80. The van der Waals surface area contributed by atoms with Crippen molar-refractivity contribution in [2.45, 2.75) is 13.0 Å². The molecule has 9 heteroatoms. The van der Waals surface area contributed by atoms with Crippen molar-refractivity contribution < 1.29 is 9.15 Å². The summed E-state index contributed by atoms with van der Waals surface area (Å²) in [6.07, 6.45) is 2.30. The van der Waals surface area contributed by atoms with Gasteiger partial charge in [-0.15, -0.1) is 24.0 Å². The molecule has 1 aromatic carbocycles. The number of hydrogen-bond acceptors (Lipinski definition) is 5. The van der Waals surface area contributed by atoms with Gasteiger partial charge in [-0.05, 0) is 17.7 Å². The first-order valence-electron chi connectivity index (χ1n) is 8.86. The van der Waals surface area contributed by atoms with Gasteiger partial charge < -0.3 is 19.8 Å². The zero-order valence-electron chi connectivity index (χ0n) is 15.7. The first-order valence-corrected chi connectivity index (χ1v) is 8.86. The van der Waals surface area contributed by atoms with Crippen LogP contribution in [0.25, 0.3) is 11.6 Å².